The Labute approximate surface area is 153 Å². The largest absolute Gasteiger partial charge is 0.368 e. The average molecular weight is 352 g/mol. The quantitative estimate of drug-likeness (QED) is 0.838. The number of nitrogens with one attached hydrogen (secondary N) is 1. The molecular formula is C20H24N4O2. The number of primary amides is 1. The van der Waals surface area contributed by atoms with Crippen LogP contribution in [0, 0.1) is 5.92 Å². The lowest BCUT2D eigenvalue weighted by atomic mass is 9.95. The van der Waals surface area contributed by atoms with Gasteiger partial charge in [-0.1, -0.05) is 56.3 Å². The van der Waals surface area contributed by atoms with E-state index in [-0.39, 0.29) is 18.5 Å². The third kappa shape index (κ3) is 3.70. The number of anilines is 1. The zero-order chi connectivity index (χ0) is 18.7. The number of hydrogen-bond donors (Lipinski definition) is 2. The third-order valence-electron chi connectivity index (χ3n) is 4.37. The normalized spacial score (nSPS) is 15.1. The predicted molar refractivity (Wildman–Crippen MR) is 101 cm³/mol. The molecule has 1 aliphatic heterocycles. The molecule has 2 aromatic rings. The third-order valence-corrected chi connectivity index (χ3v) is 4.37. The zero-order valence-corrected chi connectivity index (χ0v) is 15.1. The van der Waals surface area contributed by atoms with Gasteiger partial charge in [-0.3, -0.25) is 14.6 Å². The number of carbonyl (C=O) groups is 2. The Morgan fingerprint density at radius 1 is 1.08 bits per heavy atom. The topological polar surface area (TPSA) is 78.7 Å². The minimum Gasteiger partial charge on any atom is -0.368 e. The van der Waals surface area contributed by atoms with E-state index in [0.717, 1.165) is 17.7 Å². The number of benzene rings is 2. The standard InChI is InChI=1S/C20H24N4O2/c1-14(2)12-18(15-8-4-3-5-9-15)24-17-11-7-6-10-16(17)20(26)23(22-24)13-19(21)25/h3-11,14,18,22H,12-13H2,1-2H3,(H2,21,25). The number of fused-ring (bicyclic) bond motifs is 1. The molecule has 6 heteroatoms. The van der Waals surface area contributed by atoms with Crippen LogP contribution in [-0.2, 0) is 4.79 Å². The van der Waals surface area contributed by atoms with E-state index in [2.05, 4.69) is 31.5 Å². The summed E-state index contributed by atoms with van der Waals surface area (Å²) in [6, 6.07) is 17.6. The SMILES string of the molecule is CC(C)CC(c1ccccc1)N1NN(CC(N)=O)C(=O)c2ccccc21. The first-order valence-electron chi connectivity index (χ1n) is 8.77. The van der Waals surface area contributed by atoms with Crippen LogP contribution in [0.25, 0.3) is 0 Å². The maximum Gasteiger partial charge on any atom is 0.272 e. The lowest BCUT2D eigenvalue weighted by Crippen LogP contribution is -2.59. The fourth-order valence-electron chi connectivity index (χ4n) is 3.25. The van der Waals surface area contributed by atoms with Crippen molar-refractivity contribution in [3.63, 3.8) is 0 Å². The second kappa shape index (κ2) is 7.58. The maximum atomic E-state index is 12.7. The van der Waals surface area contributed by atoms with Crippen LogP contribution in [0.3, 0.4) is 0 Å². The highest BCUT2D eigenvalue weighted by Crippen LogP contribution is 2.35. The molecule has 0 aromatic heterocycles. The summed E-state index contributed by atoms with van der Waals surface area (Å²) in [5, 5.41) is 3.25. The Morgan fingerprint density at radius 2 is 1.73 bits per heavy atom. The van der Waals surface area contributed by atoms with E-state index in [1.54, 1.807) is 6.07 Å². The molecule has 0 spiro atoms. The molecule has 0 radical (unpaired) electrons. The van der Waals surface area contributed by atoms with E-state index in [0.29, 0.717) is 11.5 Å². The van der Waals surface area contributed by atoms with Gasteiger partial charge in [0.05, 0.1) is 17.3 Å². The molecule has 0 saturated carbocycles. The van der Waals surface area contributed by atoms with Crippen molar-refractivity contribution in [3.8, 4) is 0 Å². The van der Waals surface area contributed by atoms with Crippen molar-refractivity contribution < 1.29 is 9.59 Å². The molecule has 2 amide bonds. The molecule has 1 aliphatic rings. The number of nitrogens with zero attached hydrogens (tertiary/aromatic N) is 2. The summed E-state index contributed by atoms with van der Waals surface area (Å²) in [6.45, 7) is 4.14. The van der Waals surface area contributed by atoms with Gasteiger partial charge < -0.3 is 5.73 Å². The molecule has 0 bridgehead atoms. The van der Waals surface area contributed by atoms with Crippen molar-refractivity contribution >= 4 is 17.5 Å². The van der Waals surface area contributed by atoms with Crippen LogP contribution in [0.2, 0.25) is 0 Å². The van der Waals surface area contributed by atoms with Crippen molar-refractivity contribution in [2.24, 2.45) is 11.7 Å². The van der Waals surface area contributed by atoms with Crippen molar-refractivity contribution in [2.75, 3.05) is 11.6 Å². The highest BCUT2D eigenvalue weighted by Gasteiger charge is 2.34. The predicted octanol–water partition coefficient (Wildman–Crippen LogP) is 2.64. The van der Waals surface area contributed by atoms with Gasteiger partial charge in [0.2, 0.25) is 5.91 Å². The summed E-state index contributed by atoms with van der Waals surface area (Å²) in [4.78, 5) is 24.1. The monoisotopic (exact) mass is 352 g/mol. The van der Waals surface area contributed by atoms with Crippen molar-refractivity contribution in [1.82, 2.24) is 10.5 Å². The molecule has 2 aromatic carbocycles. The van der Waals surface area contributed by atoms with Crippen LogP contribution >= 0.6 is 0 Å². The van der Waals surface area contributed by atoms with Crippen LogP contribution in [0.1, 0.15) is 42.2 Å². The molecular weight excluding hydrogens is 328 g/mol. The molecule has 1 heterocycles. The number of carbonyl (C=O) groups excluding carboxylic acids is 2. The Morgan fingerprint density at radius 3 is 2.38 bits per heavy atom. The minimum absolute atomic E-state index is 0.000765. The first-order chi connectivity index (χ1) is 12.5. The lowest BCUT2D eigenvalue weighted by molar-refractivity contribution is -0.119. The Bertz CT molecular complexity index is 791. The molecule has 136 valence electrons. The number of nitrogens with two attached hydrogens (primary N) is 1. The van der Waals surface area contributed by atoms with Crippen LogP contribution in [0.15, 0.2) is 54.6 Å². The van der Waals surface area contributed by atoms with Gasteiger partial charge in [0.15, 0.2) is 0 Å². The minimum atomic E-state index is -0.565. The average Bonchev–Trinajstić information content (AvgIpc) is 2.62. The number of hydrazine groups is 2. The highest BCUT2D eigenvalue weighted by atomic mass is 16.2. The van der Waals surface area contributed by atoms with Gasteiger partial charge in [-0.25, -0.2) is 5.01 Å². The van der Waals surface area contributed by atoms with Gasteiger partial charge in [0.1, 0.15) is 6.54 Å². The molecule has 1 atom stereocenters. The van der Waals surface area contributed by atoms with Crippen molar-refractivity contribution in [3.05, 3.63) is 65.7 Å². The van der Waals surface area contributed by atoms with E-state index in [1.807, 2.05) is 41.4 Å². The number of amides is 2. The van der Waals surface area contributed by atoms with Gasteiger partial charge in [-0.2, -0.15) is 0 Å². The summed E-state index contributed by atoms with van der Waals surface area (Å²) in [7, 11) is 0. The van der Waals surface area contributed by atoms with Crippen LogP contribution in [-0.4, -0.2) is 23.4 Å². The lowest BCUT2D eigenvalue weighted by Gasteiger charge is -2.43. The number of para-hydroxylation sites is 1. The van der Waals surface area contributed by atoms with E-state index >= 15 is 0 Å². The summed E-state index contributed by atoms with van der Waals surface area (Å²) in [5.74, 6) is -0.381. The maximum absolute atomic E-state index is 12.7. The molecule has 1 unspecified atom stereocenters. The smallest absolute Gasteiger partial charge is 0.272 e. The van der Waals surface area contributed by atoms with E-state index < -0.39 is 5.91 Å². The Balaban J connectivity index is 2.05. The van der Waals surface area contributed by atoms with Gasteiger partial charge in [-0.15, -0.1) is 5.53 Å². The molecule has 0 fully saturated rings. The van der Waals surface area contributed by atoms with E-state index in [9.17, 15) is 9.59 Å². The van der Waals surface area contributed by atoms with Gasteiger partial charge in [-0.05, 0) is 30.0 Å². The summed E-state index contributed by atoms with van der Waals surface area (Å²) in [6.07, 6.45) is 0.879. The second-order valence-electron chi connectivity index (χ2n) is 6.90. The van der Waals surface area contributed by atoms with Gasteiger partial charge in [0.25, 0.3) is 5.91 Å². The molecule has 0 saturated heterocycles. The van der Waals surface area contributed by atoms with E-state index in [4.69, 9.17) is 5.73 Å². The summed E-state index contributed by atoms with van der Waals surface area (Å²) >= 11 is 0. The van der Waals surface area contributed by atoms with Crippen LogP contribution < -0.4 is 16.3 Å². The fourth-order valence-corrected chi connectivity index (χ4v) is 3.25. The van der Waals surface area contributed by atoms with E-state index in [1.165, 1.54) is 5.01 Å². The van der Waals surface area contributed by atoms with Crippen molar-refractivity contribution in [2.45, 2.75) is 26.3 Å². The van der Waals surface area contributed by atoms with Crippen LogP contribution in [0.4, 0.5) is 5.69 Å². The summed E-state index contributed by atoms with van der Waals surface area (Å²) in [5.41, 5.74) is 10.9. The Kier molecular flexibility index (Phi) is 5.23. The Hall–Kier alpha value is -2.86. The highest BCUT2D eigenvalue weighted by molar-refractivity contribution is 6.02. The number of hydrogen-bond acceptors (Lipinski definition) is 4. The molecule has 6 nitrogen and oxygen atoms in total. The summed E-state index contributed by atoms with van der Waals surface area (Å²) < 4.78 is 0. The van der Waals surface area contributed by atoms with Crippen LogP contribution in [0.5, 0.6) is 0 Å². The first kappa shape index (κ1) is 17.9. The fraction of sp³-hybridized carbons (Fsp3) is 0.300. The second-order valence-corrected chi connectivity index (χ2v) is 6.90. The van der Waals surface area contributed by atoms with Gasteiger partial charge >= 0.3 is 0 Å². The molecule has 0 aliphatic carbocycles. The number of rotatable bonds is 6. The van der Waals surface area contributed by atoms with Gasteiger partial charge in [0, 0.05) is 0 Å². The molecule has 3 N–H and O–H groups in total. The van der Waals surface area contributed by atoms with Crippen molar-refractivity contribution in [1.29, 1.82) is 0 Å². The zero-order valence-electron chi connectivity index (χ0n) is 15.1. The molecule has 3 rings (SSSR count). The molecule has 26 heavy (non-hydrogen) atoms. The first-order valence-corrected chi connectivity index (χ1v) is 8.77.